The zero-order chi connectivity index (χ0) is 12.1. The molecule has 1 aromatic heterocycles. The minimum absolute atomic E-state index is 0.555. The summed E-state index contributed by atoms with van der Waals surface area (Å²) in [7, 11) is 1.87. The highest BCUT2D eigenvalue weighted by molar-refractivity contribution is 7.99. The molecule has 2 rings (SSSR count). The molecule has 5 heteroatoms. The van der Waals surface area contributed by atoms with Crippen LogP contribution in [0.25, 0.3) is 0 Å². The lowest BCUT2D eigenvalue weighted by atomic mass is 10.2. The van der Waals surface area contributed by atoms with Gasteiger partial charge < -0.3 is 10.6 Å². The van der Waals surface area contributed by atoms with Crippen LogP contribution in [0.2, 0.25) is 0 Å². The summed E-state index contributed by atoms with van der Waals surface area (Å²) in [4.78, 5) is 8.39. The van der Waals surface area contributed by atoms with Gasteiger partial charge >= 0.3 is 0 Å². The van der Waals surface area contributed by atoms with Crippen LogP contribution in [0, 0.1) is 0 Å². The van der Waals surface area contributed by atoms with E-state index in [0.29, 0.717) is 6.04 Å². The third-order valence-electron chi connectivity index (χ3n) is 3.09. The van der Waals surface area contributed by atoms with Crippen LogP contribution in [0.15, 0.2) is 12.4 Å². The van der Waals surface area contributed by atoms with E-state index in [1.54, 1.807) is 6.33 Å². The van der Waals surface area contributed by atoms with Crippen molar-refractivity contribution in [1.29, 1.82) is 0 Å². The highest BCUT2D eigenvalue weighted by atomic mass is 32.2. The van der Waals surface area contributed by atoms with Crippen molar-refractivity contribution in [3.05, 3.63) is 12.4 Å². The van der Waals surface area contributed by atoms with E-state index in [9.17, 15) is 0 Å². The third-order valence-corrected chi connectivity index (χ3v) is 4.42. The number of nitrogens with zero attached hydrogens (tertiary/aromatic N) is 2. The van der Waals surface area contributed by atoms with Crippen LogP contribution < -0.4 is 10.6 Å². The summed E-state index contributed by atoms with van der Waals surface area (Å²) in [5, 5.41) is 7.30. The molecule has 1 aliphatic rings. The maximum absolute atomic E-state index is 4.27. The number of thioether (sulfide) groups is 1. The van der Waals surface area contributed by atoms with Gasteiger partial charge in [0.15, 0.2) is 0 Å². The Morgan fingerprint density at radius 2 is 2.18 bits per heavy atom. The first-order valence-electron chi connectivity index (χ1n) is 6.21. The van der Waals surface area contributed by atoms with Gasteiger partial charge in [-0.2, -0.15) is 11.8 Å². The molecule has 2 unspecified atom stereocenters. The van der Waals surface area contributed by atoms with Crippen molar-refractivity contribution in [2.24, 2.45) is 0 Å². The van der Waals surface area contributed by atoms with E-state index in [1.165, 1.54) is 25.0 Å². The van der Waals surface area contributed by atoms with Gasteiger partial charge in [-0.05, 0) is 18.6 Å². The lowest BCUT2D eigenvalue weighted by Gasteiger charge is -2.20. The van der Waals surface area contributed by atoms with Gasteiger partial charge in [0.25, 0.3) is 0 Å². The summed E-state index contributed by atoms with van der Waals surface area (Å²) < 4.78 is 0. The predicted octanol–water partition coefficient (Wildman–Crippen LogP) is 2.60. The van der Waals surface area contributed by atoms with Gasteiger partial charge in [-0.15, -0.1) is 0 Å². The Kier molecular flexibility index (Phi) is 4.48. The fraction of sp³-hybridized carbons (Fsp3) is 0.667. The minimum atomic E-state index is 0.555. The smallest absolute Gasteiger partial charge is 0.131 e. The Labute approximate surface area is 107 Å². The number of hydrogen-bond donors (Lipinski definition) is 2. The SMILES string of the molecule is CCSC1CCCC1Nc1cc(NC)ncn1. The molecule has 94 valence electrons. The molecule has 1 aliphatic carbocycles. The fourth-order valence-electron chi connectivity index (χ4n) is 2.27. The summed E-state index contributed by atoms with van der Waals surface area (Å²) in [6.45, 7) is 2.23. The van der Waals surface area contributed by atoms with Gasteiger partial charge in [0.2, 0.25) is 0 Å². The van der Waals surface area contributed by atoms with E-state index in [4.69, 9.17) is 0 Å². The van der Waals surface area contributed by atoms with Crippen LogP contribution in [0.3, 0.4) is 0 Å². The summed E-state index contributed by atoms with van der Waals surface area (Å²) in [6.07, 6.45) is 5.49. The average molecular weight is 252 g/mol. The van der Waals surface area contributed by atoms with Gasteiger partial charge in [-0.3, -0.25) is 0 Å². The van der Waals surface area contributed by atoms with E-state index in [0.717, 1.165) is 16.9 Å². The van der Waals surface area contributed by atoms with E-state index < -0.39 is 0 Å². The molecular weight excluding hydrogens is 232 g/mol. The van der Waals surface area contributed by atoms with E-state index >= 15 is 0 Å². The Hall–Kier alpha value is -0.970. The standard InChI is InChI=1S/C12H20N4S/c1-3-17-10-6-4-5-9(10)16-12-7-11(13-2)14-8-15-12/h7-10H,3-6H2,1-2H3,(H2,13,14,15,16). The van der Waals surface area contributed by atoms with Crippen molar-refractivity contribution in [1.82, 2.24) is 9.97 Å². The molecule has 1 saturated carbocycles. The quantitative estimate of drug-likeness (QED) is 0.843. The van der Waals surface area contributed by atoms with Gasteiger partial charge in [-0.1, -0.05) is 13.3 Å². The number of anilines is 2. The average Bonchev–Trinajstić information content (AvgIpc) is 2.78. The van der Waals surface area contributed by atoms with Crippen molar-refractivity contribution in [2.75, 3.05) is 23.4 Å². The summed E-state index contributed by atoms with van der Waals surface area (Å²) in [5.74, 6) is 2.98. The Morgan fingerprint density at radius 3 is 2.94 bits per heavy atom. The van der Waals surface area contributed by atoms with Crippen molar-refractivity contribution < 1.29 is 0 Å². The van der Waals surface area contributed by atoms with Gasteiger partial charge in [0, 0.05) is 24.4 Å². The molecule has 0 aliphatic heterocycles. The van der Waals surface area contributed by atoms with Crippen molar-refractivity contribution in [3.63, 3.8) is 0 Å². The van der Waals surface area contributed by atoms with Crippen molar-refractivity contribution >= 4 is 23.4 Å². The molecule has 0 amide bonds. The van der Waals surface area contributed by atoms with Crippen LogP contribution in [0.4, 0.5) is 11.6 Å². The van der Waals surface area contributed by atoms with Crippen molar-refractivity contribution in [3.8, 4) is 0 Å². The minimum Gasteiger partial charge on any atom is -0.373 e. The first-order valence-corrected chi connectivity index (χ1v) is 7.26. The van der Waals surface area contributed by atoms with Crippen LogP contribution in [-0.2, 0) is 0 Å². The topological polar surface area (TPSA) is 49.8 Å². The Morgan fingerprint density at radius 1 is 1.35 bits per heavy atom. The molecule has 0 spiro atoms. The zero-order valence-electron chi connectivity index (χ0n) is 10.4. The number of rotatable bonds is 5. The molecule has 0 saturated heterocycles. The fourth-order valence-corrected chi connectivity index (χ4v) is 3.47. The molecule has 1 aromatic rings. The number of aromatic nitrogens is 2. The molecule has 17 heavy (non-hydrogen) atoms. The Bertz CT molecular complexity index is 358. The summed E-state index contributed by atoms with van der Waals surface area (Å²) in [6, 6.07) is 2.52. The van der Waals surface area contributed by atoms with E-state index in [-0.39, 0.29) is 0 Å². The second-order valence-corrected chi connectivity index (χ2v) is 5.73. The molecule has 0 bridgehead atoms. The molecule has 2 atom stereocenters. The molecule has 2 N–H and O–H groups in total. The summed E-state index contributed by atoms with van der Waals surface area (Å²) in [5.41, 5.74) is 0. The molecule has 4 nitrogen and oxygen atoms in total. The first kappa shape index (κ1) is 12.5. The first-order chi connectivity index (χ1) is 8.33. The second kappa shape index (κ2) is 6.10. The number of nitrogens with one attached hydrogen (secondary N) is 2. The van der Waals surface area contributed by atoms with Crippen molar-refractivity contribution in [2.45, 2.75) is 37.5 Å². The van der Waals surface area contributed by atoms with Gasteiger partial charge in [0.05, 0.1) is 0 Å². The van der Waals surface area contributed by atoms with Gasteiger partial charge in [-0.25, -0.2) is 9.97 Å². The van der Waals surface area contributed by atoms with Crippen LogP contribution in [-0.4, -0.2) is 34.1 Å². The predicted molar refractivity (Wildman–Crippen MR) is 74.8 cm³/mol. The van der Waals surface area contributed by atoms with Crippen LogP contribution in [0.1, 0.15) is 26.2 Å². The van der Waals surface area contributed by atoms with E-state index in [2.05, 4.69) is 39.3 Å². The van der Waals surface area contributed by atoms with Gasteiger partial charge in [0.1, 0.15) is 18.0 Å². The lowest BCUT2D eigenvalue weighted by Crippen LogP contribution is -2.26. The zero-order valence-corrected chi connectivity index (χ0v) is 11.3. The number of hydrogen-bond acceptors (Lipinski definition) is 5. The molecule has 1 heterocycles. The second-order valence-electron chi connectivity index (χ2n) is 4.21. The summed E-state index contributed by atoms with van der Waals surface area (Å²) >= 11 is 2.05. The normalized spacial score (nSPS) is 23.6. The van der Waals surface area contributed by atoms with Crippen LogP contribution in [0.5, 0.6) is 0 Å². The largest absolute Gasteiger partial charge is 0.373 e. The maximum Gasteiger partial charge on any atom is 0.131 e. The van der Waals surface area contributed by atoms with Crippen LogP contribution >= 0.6 is 11.8 Å². The molecule has 1 fully saturated rings. The molecular formula is C12H20N4S. The Balaban J connectivity index is 1.99. The maximum atomic E-state index is 4.27. The molecule has 0 aromatic carbocycles. The third kappa shape index (κ3) is 3.25. The van der Waals surface area contributed by atoms with E-state index in [1.807, 2.05) is 13.1 Å². The monoisotopic (exact) mass is 252 g/mol. The molecule has 0 radical (unpaired) electrons. The highest BCUT2D eigenvalue weighted by Gasteiger charge is 2.27. The lowest BCUT2D eigenvalue weighted by molar-refractivity contribution is 0.762. The highest BCUT2D eigenvalue weighted by Crippen LogP contribution is 2.31.